The molecule has 1 saturated heterocycles. The highest BCUT2D eigenvalue weighted by molar-refractivity contribution is 5.35. The average molecular weight is 418 g/mol. The largest absolute Gasteiger partial charge is 0.490 e. The van der Waals surface area contributed by atoms with Gasteiger partial charge in [0.05, 0.1) is 5.60 Å². The zero-order chi connectivity index (χ0) is 22.0. The second-order valence-electron chi connectivity index (χ2n) is 11.1. The second kappa shape index (κ2) is 9.18. The summed E-state index contributed by atoms with van der Waals surface area (Å²) in [7, 11) is 1.81. The number of methoxy groups -OCH3 is 1. The van der Waals surface area contributed by atoms with E-state index in [0.717, 1.165) is 69.8 Å². The van der Waals surface area contributed by atoms with Crippen molar-refractivity contribution in [2.45, 2.75) is 84.3 Å². The van der Waals surface area contributed by atoms with Crippen molar-refractivity contribution in [2.24, 2.45) is 11.3 Å². The molecule has 2 aliphatic rings. The first kappa shape index (κ1) is 23.6. The van der Waals surface area contributed by atoms with E-state index in [4.69, 9.17) is 9.47 Å². The van der Waals surface area contributed by atoms with E-state index >= 15 is 0 Å². The predicted octanol–water partition coefficient (Wildman–Crippen LogP) is 5.13. The minimum absolute atomic E-state index is 0.236. The lowest BCUT2D eigenvalue weighted by atomic mass is 9.68. The summed E-state index contributed by atoms with van der Waals surface area (Å²) in [4.78, 5) is 2.44. The molecule has 1 N–H and O–H groups in total. The van der Waals surface area contributed by atoms with Gasteiger partial charge in [-0.25, -0.2) is 0 Å². The fourth-order valence-corrected chi connectivity index (χ4v) is 5.29. The summed E-state index contributed by atoms with van der Waals surface area (Å²) in [6.07, 6.45) is 6.01. The summed E-state index contributed by atoms with van der Waals surface area (Å²) in [6, 6.07) is 6.32. The Morgan fingerprint density at radius 3 is 2.23 bits per heavy atom. The Kier molecular flexibility index (Phi) is 7.21. The third-order valence-electron chi connectivity index (χ3n) is 7.68. The topological polar surface area (TPSA) is 41.9 Å². The van der Waals surface area contributed by atoms with Gasteiger partial charge in [-0.3, -0.25) is 0 Å². The maximum atomic E-state index is 11.2. The summed E-state index contributed by atoms with van der Waals surface area (Å²) in [5, 5.41) is 11.2. The van der Waals surface area contributed by atoms with Crippen molar-refractivity contribution in [1.29, 1.82) is 0 Å². The lowest BCUT2D eigenvalue weighted by molar-refractivity contribution is -0.101. The van der Waals surface area contributed by atoms with Crippen LogP contribution in [0, 0.1) is 25.2 Å². The maximum absolute atomic E-state index is 11.2. The van der Waals surface area contributed by atoms with Crippen molar-refractivity contribution in [3.8, 4) is 5.75 Å². The van der Waals surface area contributed by atoms with E-state index < -0.39 is 5.60 Å². The number of likely N-dealkylation sites (tertiary alicyclic amines) is 1. The summed E-state index contributed by atoms with van der Waals surface area (Å²) in [5.41, 5.74) is 2.02. The number of β-amino-alcohol motifs (C(OH)–C–C–N with tert-alkyl or cyclic N) is 1. The maximum Gasteiger partial charge on any atom is 0.122 e. The molecule has 0 amide bonds. The molecule has 1 aliphatic heterocycles. The van der Waals surface area contributed by atoms with Crippen molar-refractivity contribution < 1.29 is 14.6 Å². The number of piperidine rings is 1. The normalized spacial score (nSPS) is 27.8. The summed E-state index contributed by atoms with van der Waals surface area (Å²) >= 11 is 0. The molecule has 0 spiro atoms. The quantitative estimate of drug-likeness (QED) is 0.697. The molecule has 0 bridgehead atoms. The van der Waals surface area contributed by atoms with Crippen LogP contribution in [-0.2, 0) is 4.74 Å². The first-order valence-corrected chi connectivity index (χ1v) is 11.7. The summed E-state index contributed by atoms with van der Waals surface area (Å²) < 4.78 is 12.1. The third kappa shape index (κ3) is 5.77. The molecule has 2 fully saturated rings. The lowest BCUT2D eigenvalue weighted by Gasteiger charge is -2.46. The van der Waals surface area contributed by atoms with Gasteiger partial charge in [0.25, 0.3) is 0 Å². The molecule has 1 aromatic rings. The lowest BCUT2D eigenvalue weighted by Crippen LogP contribution is -2.53. The van der Waals surface area contributed by atoms with E-state index in [1.165, 1.54) is 11.1 Å². The van der Waals surface area contributed by atoms with Gasteiger partial charge in [0.1, 0.15) is 18.0 Å². The van der Waals surface area contributed by atoms with Crippen molar-refractivity contribution in [1.82, 2.24) is 4.90 Å². The number of nitrogens with zero attached hydrogens (tertiary/aromatic N) is 1. The molecule has 3 rings (SSSR count). The molecular weight excluding hydrogens is 374 g/mol. The van der Waals surface area contributed by atoms with Gasteiger partial charge in [-0.2, -0.15) is 0 Å². The Labute approximate surface area is 183 Å². The molecule has 0 aromatic heterocycles. The van der Waals surface area contributed by atoms with Gasteiger partial charge < -0.3 is 19.5 Å². The summed E-state index contributed by atoms with van der Waals surface area (Å²) in [6.45, 7) is 14.5. The zero-order valence-corrected chi connectivity index (χ0v) is 20.1. The molecule has 1 heterocycles. The van der Waals surface area contributed by atoms with Crippen LogP contribution in [0.1, 0.15) is 70.4 Å². The Morgan fingerprint density at radius 1 is 1.07 bits per heavy atom. The van der Waals surface area contributed by atoms with Crippen LogP contribution >= 0.6 is 0 Å². The Hall–Kier alpha value is -1.10. The van der Waals surface area contributed by atoms with Crippen LogP contribution in [0.15, 0.2) is 18.2 Å². The van der Waals surface area contributed by atoms with E-state index in [1.807, 2.05) is 7.11 Å². The molecule has 4 heteroatoms. The number of benzene rings is 1. The number of ether oxygens (including phenoxy) is 2. The number of aryl methyl sites for hydroxylation is 2. The molecule has 170 valence electrons. The Bertz CT molecular complexity index is 693. The monoisotopic (exact) mass is 417 g/mol. The molecular formula is C26H43NO3. The van der Waals surface area contributed by atoms with Crippen LogP contribution in [0.5, 0.6) is 5.75 Å². The van der Waals surface area contributed by atoms with Gasteiger partial charge in [0, 0.05) is 26.7 Å². The number of rotatable bonds is 6. The highest BCUT2D eigenvalue weighted by Gasteiger charge is 2.41. The van der Waals surface area contributed by atoms with Gasteiger partial charge in [-0.1, -0.05) is 38.5 Å². The first-order chi connectivity index (χ1) is 14.0. The van der Waals surface area contributed by atoms with E-state index in [0.29, 0.717) is 12.0 Å². The van der Waals surface area contributed by atoms with Crippen molar-refractivity contribution in [2.75, 3.05) is 33.4 Å². The fraction of sp³-hybridized carbons (Fsp3) is 0.769. The van der Waals surface area contributed by atoms with Crippen molar-refractivity contribution in [3.63, 3.8) is 0 Å². The van der Waals surface area contributed by atoms with Crippen LogP contribution in [0.3, 0.4) is 0 Å². The van der Waals surface area contributed by atoms with Gasteiger partial charge in [-0.05, 0) is 75.3 Å². The zero-order valence-electron chi connectivity index (χ0n) is 20.1. The molecule has 0 radical (unpaired) electrons. The second-order valence-corrected chi connectivity index (χ2v) is 11.1. The Morgan fingerprint density at radius 2 is 1.70 bits per heavy atom. The van der Waals surface area contributed by atoms with Gasteiger partial charge in [0.2, 0.25) is 0 Å². The van der Waals surface area contributed by atoms with Crippen LogP contribution < -0.4 is 4.74 Å². The minimum atomic E-state index is -0.523. The molecule has 0 atom stereocenters. The van der Waals surface area contributed by atoms with E-state index in [-0.39, 0.29) is 5.60 Å². The van der Waals surface area contributed by atoms with Gasteiger partial charge in [-0.15, -0.1) is 0 Å². The van der Waals surface area contributed by atoms with Gasteiger partial charge >= 0.3 is 0 Å². The molecule has 1 aromatic carbocycles. The highest BCUT2D eigenvalue weighted by atomic mass is 16.5. The van der Waals surface area contributed by atoms with Gasteiger partial charge in [0.15, 0.2) is 0 Å². The molecule has 1 saturated carbocycles. The molecule has 30 heavy (non-hydrogen) atoms. The average Bonchev–Trinajstić information content (AvgIpc) is 2.68. The SMILES string of the molecule is COC1(COc2ccc(C)cc2C)CCN(CC2(O)CCC(C(C)(C)C)CC2)CC1. The Balaban J connectivity index is 1.50. The minimum Gasteiger partial charge on any atom is -0.490 e. The first-order valence-electron chi connectivity index (χ1n) is 11.7. The number of aliphatic hydroxyl groups is 1. The molecule has 0 unspecified atom stereocenters. The van der Waals surface area contributed by atoms with Crippen molar-refractivity contribution >= 4 is 0 Å². The highest BCUT2D eigenvalue weighted by Crippen LogP contribution is 2.42. The smallest absolute Gasteiger partial charge is 0.122 e. The standard InChI is InChI=1S/C26H43NO3/c1-20-7-8-23(21(2)17-20)30-19-26(29-6)13-15-27(16-14-26)18-25(28)11-9-22(10-12-25)24(3,4)5/h7-8,17,22,28H,9-16,18-19H2,1-6H3. The number of hydrogen-bond donors (Lipinski definition) is 1. The summed E-state index contributed by atoms with van der Waals surface area (Å²) in [5.74, 6) is 1.67. The van der Waals surface area contributed by atoms with Crippen LogP contribution in [0.2, 0.25) is 0 Å². The molecule has 1 aliphatic carbocycles. The van der Waals surface area contributed by atoms with E-state index in [1.54, 1.807) is 0 Å². The van der Waals surface area contributed by atoms with Crippen molar-refractivity contribution in [3.05, 3.63) is 29.3 Å². The molecule has 4 nitrogen and oxygen atoms in total. The van der Waals surface area contributed by atoms with Crippen LogP contribution in [0.25, 0.3) is 0 Å². The predicted molar refractivity (Wildman–Crippen MR) is 123 cm³/mol. The van der Waals surface area contributed by atoms with Crippen LogP contribution in [0.4, 0.5) is 0 Å². The third-order valence-corrected chi connectivity index (χ3v) is 7.68. The fourth-order valence-electron chi connectivity index (χ4n) is 5.29. The number of hydrogen-bond acceptors (Lipinski definition) is 4. The van der Waals surface area contributed by atoms with E-state index in [9.17, 15) is 5.11 Å². The van der Waals surface area contributed by atoms with Crippen LogP contribution in [-0.4, -0.2) is 54.6 Å². The van der Waals surface area contributed by atoms with E-state index in [2.05, 4.69) is 57.7 Å².